The van der Waals surface area contributed by atoms with Crippen LogP contribution in [0.2, 0.25) is 5.02 Å². The lowest BCUT2D eigenvalue weighted by molar-refractivity contribution is 0.212. The Morgan fingerprint density at radius 3 is 2.41 bits per heavy atom. The van der Waals surface area contributed by atoms with Crippen LogP contribution in [0, 0.1) is 0 Å². The Hall–Kier alpha value is -3.85. The third-order valence-corrected chi connectivity index (χ3v) is 9.71. The fourth-order valence-electron chi connectivity index (χ4n) is 5.33. The average molecular weight is 587 g/mol. The van der Waals surface area contributed by atoms with E-state index in [1.54, 1.807) is 24.3 Å². The number of ether oxygens (including phenoxy) is 1. The van der Waals surface area contributed by atoms with Crippen molar-refractivity contribution in [1.29, 1.82) is 0 Å². The van der Waals surface area contributed by atoms with E-state index in [9.17, 15) is 8.42 Å². The van der Waals surface area contributed by atoms with Gasteiger partial charge in [-0.1, -0.05) is 60.1 Å². The molecule has 2 heterocycles. The maximum Gasteiger partial charge on any atom is 0.200 e. The fraction of sp³-hybridized carbons (Fsp3) is 0.219. The van der Waals surface area contributed by atoms with Crippen LogP contribution in [0.3, 0.4) is 0 Å². The molecule has 0 amide bonds. The quantitative estimate of drug-likeness (QED) is 0.237. The Labute approximate surface area is 245 Å². The SMILES string of the molecule is CC(Oc1ccccc1)c1nc2ccc(N3CCNCC3S(=O)(=O)c3ccccc3)cc2n1Cc1ccc(Cl)cc1. The van der Waals surface area contributed by atoms with Crippen LogP contribution in [0.4, 0.5) is 5.69 Å². The number of sulfone groups is 1. The molecule has 6 rings (SSSR count). The molecule has 5 aromatic rings. The second kappa shape index (κ2) is 11.6. The molecule has 7 nitrogen and oxygen atoms in total. The zero-order chi connectivity index (χ0) is 28.4. The lowest BCUT2D eigenvalue weighted by Gasteiger charge is -2.37. The molecular weight excluding hydrogens is 556 g/mol. The molecule has 1 aliphatic rings. The Balaban J connectivity index is 1.42. The van der Waals surface area contributed by atoms with Crippen LogP contribution < -0.4 is 15.0 Å². The third-order valence-electron chi connectivity index (χ3n) is 7.39. The number of para-hydroxylation sites is 1. The van der Waals surface area contributed by atoms with Gasteiger partial charge in [-0.3, -0.25) is 0 Å². The van der Waals surface area contributed by atoms with Crippen LogP contribution in [0.25, 0.3) is 11.0 Å². The molecule has 2 atom stereocenters. The van der Waals surface area contributed by atoms with Gasteiger partial charge in [0.1, 0.15) is 11.1 Å². The average Bonchev–Trinajstić information content (AvgIpc) is 3.37. The van der Waals surface area contributed by atoms with Crippen molar-refractivity contribution >= 4 is 38.2 Å². The van der Waals surface area contributed by atoms with E-state index in [4.69, 9.17) is 21.3 Å². The van der Waals surface area contributed by atoms with E-state index in [1.807, 2.05) is 84.6 Å². The minimum atomic E-state index is -3.61. The first kappa shape index (κ1) is 27.3. The molecule has 9 heteroatoms. The molecule has 41 heavy (non-hydrogen) atoms. The van der Waals surface area contributed by atoms with E-state index >= 15 is 0 Å². The summed E-state index contributed by atoms with van der Waals surface area (Å²) in [6, 6.07) is 32.1. The Bertz CT molecular complexity index is 1740. The van der Waals surface area contributed by atoms with E-state index in [-0.39, 0.29) is 6.10 Å². The summed E-state index contributed by atoms with van der Waals surface area (Å²) in [7, 11) is -3.61. The van der Waals surface area contributed by atoms with Crippen molar-refractivity contribution < 1.29 is 13.2 Å². The molecule has 0 saturated carbocycles. The first-order valence-electron chi connectivity index (χ1n) is 13.6. The molecule has 1 N–H and O–H groups in total. The summed E-state index contributed by atoms with van der Waals surface area (Å²) in [6.07, 6.45) is -0.328. The van der Waals surface area contributed by atoms with Crippen LogP contribution in [0.1, 0.15) is 24.4 Å². The molecular formula is C32H31ClN4O3S. The monoisotopic (exact) mass is 586 g/mol. The van der Waals surface area contributed by atoms with Crippen LogP contribution in [-0.2, 0) is 16.4 Å². The van der Waals surface area contributed by atoms with E-state index in [0.29, 0.717) is 36.1 Å². The number of piperazine rings is 1. The Kier molecular flexibility index (Phi) is 7.71. The largest absolute Gasteiger partial charge is 0.483 e. The molecule has 1 saturated heterocycles. The Morgan fingerprint density at radius 2 is 1.68 bits per heavy atom. The maximum absolute atomic E-state index is 13.7. The van der Waals surface area contributed by atoms with Crippen molar-refractivity contribution in [3.8, 4) is 5.75 Å². The molecule has 210 valence electrons. The molecule has 1 fully saturated rings. The van der Waals surface area contributed by atoms with Crippen molar-refractivity contribution in [3.63, 3.8) is 0 Å². The number of rotatable bonds is 8. The van der Waals surface area contributed by atoms with Gasteiger partial charge < -0.3 is 19.5 Å². The van der Waals surface area contributed by atoms with Gasteiger partial charge in [-0.25, -0.2) is 13.4 Å². The highest BCUT2D eigenvalue weighted by Gasteiger charge is 2.35. The molecule has 0 radical (unpaired) electrons. The minimum absolute atomic E-state index is 0.321. The summed E-state index contributed by atoms with van der Waals surface area (Å²) in [5, 5.41) is 3.22. The summed E-state index contributed by atoms with van der Waals surface area (Å²) < 4.78 is 35.9. The number of anilines is 1. The first-order chi connectivity index (χ1) is 19.9. The zero-order valence-corrected chi connectivity index (χ0v) is 24.2. The number of fused-ring (bicyclic) bond motifs is 1. The van der Waals surface area contributed by atoms with Crippen molar-refractivity contribution in [2.75, 3.05) is 24.5 Å². The Morgan fingerprint density at radius 1 is 0.976 bits per heavy atom. The second-order valence-corrected chi connectivity index (χ2v) is 12.7. The van der Waals surface area contributed by atoms with Gasteiger partial charge in [-0.2, -0.15) is 0 Å². The predicted octanol–water partition coefficient (Wildman–Crippen LogP) is 6.09. The lowest BCUT2D eigenvalue weighted by Crippen LogP contribution is -2.55. The van der Waals surface area contributed by atoms with Crippen LogP contribution in [0.5, 0.6) is 5.75 Å². The van der Waals surface area contributed by atoms with E-state index in [1.165, 1.54) is 0 Å². The number of nitrogens with zero attached hydrogens (tertiary/aromatic N) is 3. The van der Waals surface area contributed by atoms with Gasteiger partial charge in [0.2, 0.25) is 9.84 Å². The smallest absolute Gasteiger partial charge is 0.200 e. The summed E-state index contributed by atoms with van der Waals surface area (Å²) in [6.45, 7) is 4.14. The molecule has 0 aliphatic carbocycles. The predicted molar refractivity (Wildman–Crippen MR) is 163 cm³/mol. The number of nitrogens with one attached hydrogen (secondary N) is 1. The molecule has 1 aliphatic heterocycles. The van der Waals surface area contributed by atoms with Gasteiger partial charge in [0.25, 0.3) is 0 Å². The van der Waals surface area contributed by atoms with Gasteiger partial charge in [-0.05, 0) is 67.1 Å². The van der Waals surface area contributed by atoms with Crippen LogP contribution in [-0.4, -0.2) is 43.0 Å². The van der Waals surface area contributed by atoms with Crippen molar-refractivity contribution in [2.24, 2.45) is 0 Å². The number of benzene rings is 4. The number of hydrogen-bond donors (Lipinski definition) is 1. The van der Waals surface area contributed by atoms with Crippen LogP contribution >= 0.6 is 11.6 Å². The topological polar surface area (TPSA) is 76.5 Å². The first-order valence-corrected chi connectivity index (χ1v) is 15.6. The summed E-state index contributed by atoms with van der Waals surface area (Å²) in [4.78, 5) is 7.30. The highest BCUT2D eigenvalue weighted by molar-refractivity contribution is 7.92. The van der Waals surface area contributed by atoms with Crippen molar-refractivity contribution in [2.45, 2.75) is 29.8 Å². The zero-order valence-electron chi connectivity index (χ0n) is 22.7. The second-order valence-electron chi connectivity index (χ2n) is 10.1. The third kappa shape index (κ3) is 5.68. The highest BCUT2D eigenvalue weighted by Crippen LogP contribution is 2.32. The summed E-state index contributed by atoms with van der Waals surface area (Å²) >= 11 is 6.16. The number of halogens is 1. The van der Waals surface area contributed by atoms with Gasteiger partial charge in [0.05, 0.1) is 15.9 Å². The van der Waals surface area contributed by atoms with E-state index < -0.39 is 15.2 Å². The molecule has 0 spiro atoms. The standard InChI is InChI=1S/C32H31ClN4O3S/c1-23(40-27-8-4-2-5-9-27)32-35-29-17-16-26(20-30(29)37(32)22-24-12-14-25(33)15-13-24)36-19-18-34-21-31(36)41(38,39)28-10-6-3-7-11-28/h2-17,20,23,31,34H,18-19,21-22H2,1H3. The van der Waals surface area contributed by atoms with Crippen molar-refractivity contribution in [3.05, 3.63) is 120 Å². The number of imidazole rings is 1. The molecule has 1 aromatic heterocycles. The lowest BCUT2D eigenvalue weighted by atomic mass is 10.2. The maximum atomic E-state index is 13.7. The van der Waals surface area contributed by atoms with Gasteiger partial charge in [-0.15, -0.1) is 0 Å². The van der Waals surface area contributed by atoms with E-state index in [2.05, 4.69) is 16.0 Å². The van der Waals surface area contributed by atoms with E-state index in [0.717, 1.165) is 33.9 Å². The highest BCUT2D eigenvalue weighted by atomic mass is 35.5. The summed E-state index contributed by atoms with van der Waals surface area (Å²) in [5.41, 5.74) is 3.63. The van der Waals surface area contributed by atoms with Gasteiger partial charge >= 0.3 is 0 Å². The van der Waals surface area contributed by atoms with Gasteiger partial charge in [0.15, 0.2) is 11.9 Å². The molecule has 0 bridgehead atoms. The fourth-order valence-corrected chi connectivity index (χ4v) is 7.21. The minimum Gasteiger partial charge on any atom is -0.483 e. The van der Waals surface area contributed by atoms with Crippen molar-refractivity contribution in [1.82, 2.24) is 14.9 Å². The van der Waals surface area contributed by atoms with Gasteiger partial charge in [0, 0.05) is 36.9 Å². The molecule has 2 unspecified atom stereocenters. The summed E-state index contributed by atoms with van der Waals surface area (Å²) in [5.74, 6) is 1.55. The normalized spacial score (nSPS) is 16.5. The number of aromatic nitrogens is 2. The van der Waals surface area contributed by atoms with Crippen LogP contribution in [0.15, 0.2) is 108 Å². The number of hydrogen-bond acceptors (Lipinski definition) is 6. The molecule has 4 aromatic carbocycles.